The van der Waals surface area contributed by atoms with Gasteiger partial charge in [0.25, 0.3) is 0 Å². The lowest BCUT2D eigenvalue weighted by atomic mass is 10.1. The fourth-order valence-electron chi connectivity index (χ4n) is 1.29. The Bertz CT molecular complexity index is 424. The maximum atomic E-state index is 12.9. The third kappa shape index (κ3) is 3.44. The summed E-state index contributed by atoms with van der Waals surface area (Å²) in [6.45, 7) is 4.64. The van der Waals surface area contributed by atoms with Crippen molar-refractivity contribution in [3.05, 3.63) is 47.7 Å². The third-order valence-corrected chi connectivity index (χ3v) is 2.00. The van der Waals surface area contributed by atoms with Gasteiger partial charge < -0.3 is 5.32 Å². The van der Waals surface area contributed by atoms with Gasteiger partial charge in [0.15, 0.2) is 11.6 Å². The van der Waals surface area contributed by atoms with Crippen molar-refractivity contribution in [1.29, 1.82) is 0 Å². The summed E-state index contributed by atoms with van der Waals surface area (Å²) in [6, 6.07) is -0.0468. The molecule has 17 heavy (non-hydrogen) atoms. The van der Waals surface area contributed by atoms with Gasteiger partial charge in [-0.15, -0.1) is 0 Å². The Morgan fingerprint density at radius 3 is 2.24 bits per heavy atom. The highest BCUT2D eigenvalue weighted by molar-refractivity contribution is 5.23. The molecular formula is C11H10F5N. The van der Waals surface area contributed by atoms with Crippen molar-refractivity contribution in [2.45, 2.75) is 19.1 Å². The van der Waals surface area contributed by atoms with Gasteiger partial charge in [0.2, 0.25) is 0 Å². The highest BCUT2D eigenvalue weighted by Gasteiger charge is 2.41. The molecule has 1 aromatic carbocycles. The number of hydrogen-bond acceptors (Lipinski definition) is 1. The van der Waals surface area contributed by atoms with Crippen molar-refractivity contribution < 1.29 is 22.0 Å². The quantitative estimate of drug-likeness (QED) is 0.808. The molecule has 94 valence electrons. The first-order chi connectivity index (χ1) is 7.71. The smallest absolute Gasteiger partial charge is 0.374 e. The maximum absolute atomic E-state index is 12.9. The van der Waals surface area contributed by atoms with Crippen LogP contribution in [-0.2, 0) is 0 Å². The van der Waals surface area contributed by atoms with Crippen molar-refractivity contribution in [3.63, 3.8) is 0 Å². The van der Waals surface area contributed by atoms with Gasteiger partial charge in [0, 0.05) is 5.70 Å². The molecule has 0 aliphatic heterocycles. The van der Waals surface area contributed by atoms with E-state index in [-0.39, 0.29) is 5.70 Å². The Morgan fingerprint density at radius 2 is 1.82 bits per heavy atom. The van der Waals surface area contributed by atoms with Crippen LogP contribution in [0.25, 0.3) is 0 Å². The average Bonchev–Trinajstić information content (AvgIpc) is 2.17. The minimum absolute atomic E-state index is 0.0806. The summed E-state index contributed by atoms with van der Waals surface area (Å²) in [5, 5.41) is 2.07. The van der Waals surface area contributed by atoms with E-state index >= 15 is 0 Å². The summed E-state index contributed by atoms with van der Waals surface area (Å²) < 4.78 is 63.5. The fraction of sp³-hybridized carbons (Fsp3) is 0.273. The topological polar surface area (TPSA) is 12.0 Å². The minimum atomic E-state index is -4.62. The van der Waals surface area contributed by atoms with Crippen LogP contribution < -0.4 is 5.32 Å². The van der Waals surface area contributed by atoms with Gasteiger partial charge in [0.05, 0.1) is 0 Å². The summed E-state index contributed by atoms with van der Waals surface area (Å²) in [7, 11) is 0. The molecule has 0 aliphatic carbocycles. The Labute approximate surface area is 94.9 Å². The van der Waals surface area contributed by atoms with Crippen molar-refractivity contribution in [3.8, 4) is 0 Å². The molecule has 1 rings (SSSR count). The number of rotatable bonds is 3. The van der Waals surface area contributed by atoms with Crippen LogP contribution >= 0.6 is 0 Å². The fourth-order valence-corrected chi connectivity index (χ4v) is 1.29. The van der Waals surface area contributed by atoms with Crippen molar-refractivity contribution in [2.75, 3.05) is 0 Å². The predicted octanol–water partition coefficient (Wildman–Crippen LogP) is 3.69. The molecule has 1 nitrogen and oxygen atoms in total. The van der Waals surface area contributed by atoms with Gasteiger partial charge in [0.1, 0.15) is 6.04 Å². The second kappa shape index (κ2) is 4.73. The molecule has 0 radical (unpaired) electrons. The Kier molecular flexibility index (Phi) is 3.75. The van der Waals surface area contributed by atoms with Crippen LogP contribution in [0.15, 0.2) is 30.5 Å². The Hall–Kier alpha value is -1.59. The van der Waals surface area contributed by atoms with E-state index in [1.807, 2.05) is 0 Å². The summed E-state index contributed by atoms with van der Waals surface area (Å²) in [6.07, 6.45) is -4.62. The largest absolute Gasteiger partial charge is 0.412 e. The lowest BCUT2D eigenvalue weighted by Crippen LogP contribution is -2.33. The molecule has 1 aromatic rings. The van der Waals surface area contributed by atoms with E-state index in [4.69, 9.17) is 0 Å². The van der Waals surface area contributed by atoms with Crippen LogP contribution in [-0.4, -0.2) is 6.18 Å². The van der Waals surface area contributed by atoms with Gasteiger partial charge in [-0.1, -0.05) is 12.6 Å². The molecule has 0 heterocycles. The molecule has 0 saturated carbocycles. The number of alkyl halides is 3. The highest BCUT2D eigenvalue weighted by atomic mass is 19.4. The number of allylic oxidation sites excluding steroid dienone is 1. The monoisotopic (exact) mass is 251 g/mol. The van der Waals surface area contributed by atoms with Gasteiger partial charge >= 0.3 is 6.18 Å². The predicted molar refractivity (Wildman–Crippen MR) is 53.1 cm³/mol. The molecule has 0 spiro atoms. The number of halogens is 5. The number of benzene rings is 1. The number of hydrogen-bond donors (Lipinski definition) is 1. The van der Waals surface area contributed by atoms with Crippen LogP contribution in [0.2, 0.25) is 0 Å². The highest BCUT2D eigenvalue weighted by Crippen LogP contribution is 2.33. The van der Waals surface area contributed by atoms with E-state index in [1.54, 1.807) is 0 Å². The summed E-state index contributed by atoms with van der Waals surface area (Å²) in [5.74, 6) is -2.51. The zero-order valence-corrected chi connectivity index (χ0v) is 8.91. The molecule has 0 amide bonds. The summed E-state index contributed by atoms with van der Waals surface area (Å²) in [4.78, 5) is 0. The summed E-state index contributed by atoms with van der Waals surface area (Å²) >= 11 is 0. The zero-order chi connectivity index (χ0) is 13.2. The van der Waals surface area contributed by atoms with Gasteiger partial charge in [-0.2, -0.15) is 13.2 Å². The van der Waals surface area contributed by atoms with E-state index in [0.717, 1.165) is 6.07 Å². The van der Waals surface area contributed by atoms with Crippen molar-refractivity contribution >= 4 is 0 Å². The second-order valence-corrected chi connectivity index (χ2v) is 3.57. The van der Waals surface area contributed by atoms with Crippen LogP contribution in [0.3, 0.4) is 0 Å². The summed E-state index contributed by atoms with van der Waals surface area (Å²) in [5.41, 5.74) is -0.323. The van der Waals surface area contributed by atoms with Crippen molar-refractivity contribution in [1.82, 2.24) is 5.32 Å². The van der Waals surface area contributed by atoms with Crippen LogP contribution in [0.5, 0.6) is 0 Å². The molecule has 1 N–H and O–H groups in total. The molecule has 0 fully saturated rings. The van der Waals surface area contributed by atoms with E-state index in [2.05, 4.69) is 11.9 Å². The second-order valence-electron chi connectivity index (χ2n) is 3.57. The molecule has 6 heteroatoms. The first-order valence-corrected chi connectivity index (χ1v) is 4.65. The first-order valence-electron chi connectivity index (χ1n) is 4.65. The van der Waals surface area contributed by atoms with Crippen LogP contribution in [0, 0.1) is 11.6 Å². The Morgan fingerprint density at radius 1 is 1.24 bits per heavy atom. The lowest BCUT2D eigenvalue weighted by Gasteiger charge is -2.23. The van der Waals surface area contributed by atoms with Gasteiger partial charge in [-0.25, -0.2) is 8.78 Å². The van der Waals surface area contributed by atoms with E-state index in [1.165, 1.54) is 6.92 Å². The van der Waals surface area contributed by atoms with Gasteiger partial charge in [-0.05, 0) is 24.6 Å². The maximum Gasteiger partial charge on any atom is 0.412 e. The SMILES string of the molecule is C=C(C)NC(c1ccc(F)c(F)c1)C(F)(F)F. The van der Waals surface area contributed by atoms with Crippen LogP contribution in [0.4, 0.5) is 22.0 Å². The zero-order valence-electron chi connectivity index (χ0n) is 8.91. The van der Waals surface area contributed by atoms with E-state index in [0.29, 0.717) is 12.1 Å². The van der Waals surface area contributed by atoms with E-state index < -0.39 is 29.4 Å². The standard InChI is InChI=1S/C11H10F5N/c1-6(2)17-10(11(14,15)16)7-3-4-8(12)9(13)5-7/h3-5,10,17H,1H2,2H3. The lowest BCUT2D eigenvalue weighted by molar-refractivity contribution is -0.155. The third-order valence-electron chi connectivity index (χ3n) is 2.00. The van der Waals surface area contributed by atoms with Crippen LogP contribution in [0.1, 0.15) is 18.5 Å². The van der Waals surface area contributed by atoms with Gasteiger partial charge in [-0.3, -0.25) is 0 Å². The van der Waals surface area contributed by atoms with E-state index in [9.17, 15) is 22.0 Å². The molecule has 0 saturated heterocycles. The first kappa shape index (κ1) is 13.5. The molecule has 1 atom stereocenters. The average molecular weight is 251 g/mol. The minimum Gasteiger partial charge on any atom is -0.374 e. The molecule has 0 aromatic heterocycles. The Balaban J connectivity index is 3.13. The van der Waals surface area contributed by atoms with Crippen molar-refractivity contribution in [2.24, 2.45) is 0 Å². The normalized spacial score (nSPS) is 13.3. The number of nitrogens with one attached hydrogen (secondary N) is 1. The molecule has 0 aliphatic rings. The molecule has 1 unspecified atom stereocenters. The molecular weight excluding hydrogens is 241 g/mol. The molecule has 0 bridgehead atoms.